The predicted octanol–water partition coefficient (Wildman–Crippen LogP) is 4.36. The van der Waals surface area contributed by atoms with Crippen LogP contribution in [0.3, 0.4) is 0 Å². The molecule has 33 heavy (non-hydrogen) atoms. The normalized spacial score (nSPS) is 18.2. The zero-order valence-corrected chi connectivity index (χ0v) is 20.9. The molecule has 1 aliphatic rings. The van der Waals surface area contributed by atoms with Crippen LogP contribution < -0.4 is 10.1 Å². The molecule has 0 saturated carbocycles. The summed E-state index contributed by atoms with van der Waals surface area (Å²) in [6.07, 6.45) is 3.07. The van der Waals surface area contributed by atoms with Crippen LogP contribution in [0.15, 0.2) is 53.4 Å². The van der Waals surface area contributed by atoms with Crippen molar-refractivity contribution in [3.63, 3.8) is 0 Å². The van der Waals surface area contributed by atoms with Crippen LogP contribution in [0, 0.1) is 5.92 Å². The molecule has 2 aromatic rings. The maximum absolute atomic E-state index is 13.5. The molecule has 1 aliphatic heterocycles. The molecule has 7 heteroatoms. The maximum Gasteiger partial charge on any atom is 0.246 e. The van der Waals surface area contributed by atoms with E-state index >= 15 is 0 Å². The third-order valence-corrected chi connectivity index (χ3v) is 8.21. The molecule has 0 aromatic heterocycles. The van der Waals surface area contributed by atoms with Crippen LogP contribution in [0.1, 0.15) is 57.1 Å². The van der Waals surface area contributed by atoms with Crippen LogP contribution in [-0.4, -0.2) is 44.9 Å². The largest absolute Gasteiger partial charge is 0.495 e. The molecule has 0 radical (unpaired) electrons. The van der Waals surface area contributed by atoms with Crippen LogP contribution >= 0.6 is 0 Å². The summed E-state index contributed by atoms with van der Waals surface area (Å²) in [4.78, 5) is 13.1. The molecule has 0 spiro atoms. The molecule has 0 unspecified atom stereocenters. The number of methoxy groups -OCH3 is 1. The molecule has 180 valence electrons. The Labute approximate surface area is 198 Å². The number of piperidine rings is 1. The van der Waals surface area contributed by atoms with Gasteiger partial charge in [-0.3, -0.25) is 4.79 Å². The molecule has 0 bridgehead atoms. The van der Waals surface area contributed by atoms with E-state index in [-0.39, 0.29) is 35.2 Å². The van der Waals surface area contributed by atoms with E-state index in [1.165, 1.54) is 17.0 Å². The van der Waals surface area contributed by atoms with Crippen LogP contribution in [0.5, 0.6) is 5.75 Å². The van der Waals surface area contributed by atoms with Crippen LogP contribution in [0.2, 0.25) is 0 Å². The Hall–Kier alpha value is -2.38. The van der Waals surface area contributed by atoms with Gasteiger partial charge in [-0.2, -0.15) is 4.31 Å². The highest BCUT2D eigenvalue weighted by atomic mass is 32.2. The zero-order valence-electron chi connectivity index (χ0n) is 20.1. The van der Waals surface area contributed by atoms with Crippen molar-refractivity contribution in [2.45, 2.75) is 63.3 Å². The molecule has 6 nitrogen and oxygen atoms in total. The minimum absolute atomic E-state index is 0.0208. The highest BCUT2D eigenvalue weighted by Crippen LogP contribution is 2.32. The summed E-state index contributed by atoms with van der Waals surface area (Å²) < 4.78 is 33.8. The van der Waals surface area contributed by atoms with Crippen LogP contribution in [0.25, 0.3) is 0 Å². The van der Waals surface area contributed by atoms with Gasteiger partial charge in [0.25, 0.3) is 0 Å². The van der Waals surface area contributed by atoms with E-state index in [1.54, 1.807) is 12.1 Å². The molecule has 1 N–H and O–H groups in total. The number of rotatable bonds is 9. The van der Waals surface area contributed by atoms with Crippen molar-refractivity contribution >= 4 is 15.9 Å². The topological polar surface area (TPSA) is 75.7 Å². The number of aryl methyl sites for hydroxylation is 1. The predicted molar refractivity (Wildman–Crippen MR) is 131 cm³/mol. The lowest BCUT2D eigenvalue weighted by molar-refractivity contribution is -0.126. The first kappa shape index (κ1) is 25.2. The average Bonchev–Trinajstić information content (AvgIpc) is 2.83. The zero-order chi connectivity index (χ0) is 24.0. The van der Waals surface area contributed by atoms with E-state index < -0.39 is 10.0 Å². The van der Waals surface area contributed by atoms with E-state index in [0.717, 1.165) is 18.4 Å². The van der Waals surface area contributed by atoms with Gasteiger partial charge in [-0.1, -0.05) is 50.2 Å². The van der Waals surface area contributed by atoms with Crippen molar-refractivity contribution in [3.05, 3.63) is 59.7 Å². The number of carbonyl (C=O) groups is 1. The quantitative estimate of drug-likeness (QED) is 0.588. The molecular weight excluding hydrogens is 436 g/mol. The first-order valence-corrected chi connectivity index (χ1v) is 13.2. The fraction of sp³-hybridized carbons (Fsp3) is 0.500. The number of hydrogen-bond acceptors (Lipinski definition) is 4. The molecule has 0 aliphatic carbocycles. The highest BCUT2D eigenvalue weighted by Gasteiger charge is 2.35. The summed E-state index contributed by atoms with van der Waals surface area (Å²) in [5, 5.41) is 3.09. The third-order valence-electron chi connectivity index (χ3n) is 6.32. The van der Waals surface area contributed by atoms with Crippen LogP contribution in [0.4, 0.5) is 0 Å². The minimum Gasteiger partial charge on any atom is -0.495 e. The SMILES string of the molecule is COc1ccc(C(C)C)cc1S(=O)(=O)N1CCC[C@@H](C(=O)N[C@H](C)CCc2ccccc2)C1. The van der Waals surface area contributed by atoms with Crippen molar-refractivity contribution in [2.24, 2.45) is 5.92 Å². The van der Waals surface area contributed by atoms with Gasteiger partial charge in [0.2, 0.25) is 15.9 Å². The number of nitrogens with one attached hydrogen (secondary N) is 1. The van der Waals surface area contributed by atoms with Gasteiger partial charge in [-0.25, -0.2) is 8.42 Å². The maximum atomic E-state index is 13.5. The fourth-order valence-corrected chi connectivity index (χ4v) is 5.94. The Morgan fingerprint density at radius 1 is 1.15 bits per heavy atom. The molecule has 1 amide bonds. The summed E-state index contributed by atoms with van der Waals surface area (Å²) >= 11 is 0. The standard InChI is InChI=1S/C26H36N2O4S/c1-19(2)22-14-15-24(32-4)25(17-22)33(30,31)28-16-8-11-23(18-28)26(29)27-20(3)12-13-21-9-6-5-7-10-21/h5-7,9-10,14-15,17,19-20,23H,8,11-13,16,18H2,1-4H3,(H,27,29)/t20-,23-/m1/s1. The molecule has 1 fully saturated rings. The number of carbonyl (C=O) groups excluding carboxylic acids is 1. The lowest BCUT2D eigenvalue weighted by atomic mass is 9.98. The van der Waals surface area contributed by atoms with E-state index in [0.29, 0.717) is 25.1 Å². The number of amides is 1. The van der Waals surface area contributed by atoms with E-state index in [2.05, 4.69) is 17.4 Å². The summed E-state index contributed by atoms with van der Waals surface area (Å²) in [5.74, 6) is 0.105. The smallest absolute Gasteiger partial charge is 0.246 e. The first-order valence-electron chi connectivity index (χ1n) is 11.7. The first-order chi connectivity index (χ1) is 15.7. The second-order valence-electron chi connectivity index (χ2n) is 9.20. The highest BCUT2D eigenvalue weighted by molar-refractivity contribution is 7.89. The van der Waals surface area contributed by atoms with Crippen molar-refractivity contribution in [3.8, 4) is 5.75 Å². The molecular formula is C26H36N2O4S. The Kier molecular flexibility index (Phi) is 8.54. The minimum atomic E-state index is -3.77. The molecule has 1 heterocycles. The van der Waals surface area contributed by atoms with Gasteiger partial charge < -0.3 is 10.1 Å². The van der Waals surface area contributed by atoms with E-state index in [1.807, 2.05) is 45.0 Å². The average molecular weight is 473 g/mol. The molecule has 1 saturated heterocycles. The van der Waals surface area contributed by atoms with Crippen molar-refractivity contribution in [2.75, 3.05) is 20.2 Å². The van der Waals surface area contributed by atoms with Crippen molar-refractivity contribution in [1.29, 1.82) is 0 Å². The van der Waals surface area contributed by atoms with Gasteiger partial charge in [-0.15, -0.1) is 0 Å². The lowest BCUT2D eigenvalue weighted by Gasteiger charge is -2.32. The van der Waals surface area contributed by atoms with Gasteiger partial charge in [0, 0.05) is 19.1 Å². The third kappa shape index (κ3) is 6.36. The Balaban J connectivity index is 1.67. The van der Waals surface area contributed by atoms with Gasteiger partial charge >= 0.3 is 0 Å². The summed E-state index contributed by atoms with van der Waals surface area (Å²) in [5.41, 5.74) is 2.18. The molecule has 2 aromatic carbocycles. The van der Waals surface area contributed by atoms with Gasteiger partial charge in [0.15, 0.2) is 0 Å². The van der Waals surface area contributed by atoms with Crippen LogP contribution in [-0.2, 0) is 21.2 Å². The number of hydrogen-bond donors (Lipinski definition) is 1. The monoisotopic (exact) mass is 472 g/mol. The van der Waals surface area contributed by atoms with Gasteiger partial charge in [-0.05, 0) is 61.8 Å². The van der Waals surface area contributed by atoms with E-state index in [4.69, 9.17) is 4.74 Å². The number of nitrogens with zero attached hydrogens (tertiary/aromatic N) is 1. The Bertz CT molecular complexity index is 1040. The van der Waals surface area contributed by atoms with Gasteiger partial charge in [0.05, 0.1) is 13.0 Å². The Morgan fingerprint density at radius 2 is 1.88 bits per heavy atom. The van der Waals surface area contributed by atoms with Crippen molar-refractivity contribution < 1.29 is 17.9 Å². The second-order valence-corrected chi connectivity index (χ2v) is 11.1. The second kappa shape index (κ2) is 11.2. The van der Waals surface area contributed by atoms with Crippen molar-refractivity contribution in [1.82, 2.24) is 9.62 Å². The number of ether oxygens (including phenoxy) is 1. The molecule has 3 rings (SSSR count). The fourth-order valence-electron chi connectivity index (χ4n) is 4.23. The van der Waals surface area contributed by atoms with Gasteiger partial charge in [0.1, 0.15) is 10.6 Å². The Morgan fingerprint density at radius 3 is 2.55 bits per heavy atom. The summed E-state index contributed by atoms with van der Waals surface area (Å²) in [6, 6.07) is 15.5. The number of sulfonamides is 1. The number of benzene rings is 2. The van der Waals surface area contributed by atoms with E-state index in [9.17, 15) is 13.2 Å². The summed E-state index contributed by atoms with van der Waals surface area (Å²) in [6.45, 7) is 6.65. The summed E-state index contributed by atoms with van der Waals surface area (Å²) in [7, 11) is -2.29. The lowest BCUT2D eigenvalue weighted by Crippen LogP contribution is -2.47. The molecule has 2 atom stereocenters.